The van der Waals surface area contributed by atoms with Crippen LogP contribution in [0.1, 0.15) is 29.4 Å². The van der Waals surface area contributed by atoms with Gasteiger partial charge < -0.3 is 10.6 Å². The summed E-state index contributed by atoms with van der Waals surface area (Å²) >= 11 is 0. The molecule has 1 amide bonds. The standard InChI is InChI=1S/C16H19N9O.ClH/c1-24-15(20-21-23-24)11-3-2-4-12(9-11)18-16(26)14-10-25(22-19-14)13-5-7-17-8-6-13;/h2-4,9-10,13,17H,5-8H2,1H3,(H,18,26);1H. The molecule has 11 heteroatoms. The molecule has 10 nitrogen and oxygen atoms in total. The average molecular weight is 390 g/mol. The molecular formula is C16H20ClN9O. The Labute approximate surface area is 161 Å². The van der Waals surface area contributed by atoms with Gasteiger partial charge in [-0.1, -0.05) is 17.3 Å². The van der Waals surface area contributed by atoms with E-state index in [9.17, 15) is 4.79 Å². The van der Waals surface area contributed by atoms with E-state index in [0.717, 1.165) is 31.5 Å². The molecule has 1 saturated heterocycles. The first-order chi connectivity index (χ1) is 12.7. The number of aryl methyl sites for hydroxylation is 1. The molecule has 0 aliphatic carbocycles. The van der Waals surface area contributed by atoms with Crippen LogP contribution in [-0.4, -0.2) is 54.2 Å². The number of benzene rings is 1. The van der Waals surface area contributed by atoms with Crippen molar-refractivity contribution in [3.8, 4) is 11.4 Å². The molecule has 2 aromatic heterocycles. The zero-order chi connectivity index (χ0) is 17.9. The van der Waals surface area contributed by atoms with E-state index in [2.05, 4.69) is 36.5 Å². The summed E-state index contributed by atoms with van der Waals surface area (Å²) in [5.41, 5.74) is 1.76. The Bertz CT molecular complexity index is 916. The minimum Gasteiger partial charge on any atom is -0.321 e. The number of nitrogens with zero attached hydrogens (tertiary/aromatic N) is 7. The lowest BCUT2D eigenvalue weighted by molar-refractivity contribution is 0.102. The number of rotatable bonds is 4. The highest BCUT2D eigenvalue weighted by atomic mass is 35.5. The van der Waals surface area contributed by atoms with Gasteiger partial charge in [-0.15, -0.1) is 22.6 Å². The second-order valence-corrected chi connectivity index (χ2v) is 6.23. The Kier molecular flexibility index (Phi) is 5.77. The number of hydrogen-bond donors (Lipinski definition) is 2. The van der Waals surface area contributed by atoms with E-state index >= 15 is 0 Å². The molecular weight excluding hydrogens is 370 g/mol. The largest absolute Gasteiger partial charge is 0.321 e. The molecule has 0 spiro atoms. The SMILES string of the molecule is Cl.Cn1nnnc1-c1cccc(NC(=O)c2cn(C3CCNCC3)nn2)c1. The maximum atomic E-state index is 12.5. The molecule has 0 saturated carbocycles. The molecule has 1 aliphatic heterocycles. The number of tetrazole rings is 1. The summed E-state index contributed by atoms with van der Waals surface area (Å²) in [6.07, 6.45) is 3.68. The molecule has 0 atom stereocenters. The summed E-state index contributed by atoms with van der Waals surface area (Å²) in [4.78, 5) is 12.5. The summed E-state index contributed by atoms with van der Waals surface area (Å²) in [5, 5.41) is 25.7. The predicted molar refractivity (Wildman–Crippen MR) is 101 cm³/mol. The van der Waals surface area contributed by atoms with E-state index in [4.69, 9.17) is 0 Å². The summed E-state index contributed by atoms with van der Waals surface area (Å²) in [6.45, 7) is 1.91. The lowest BCUT2D eigenvalue weighted by atomic mass is 10.1. The lowest BCUT2D eigenvalue weighted by Crippen LogP contribution is -2.29. The van der Waals surface area contributed by atoms with Crippen LogP contribution in [0.5, 0.6) is 0 Å². The first kappa shape index (κ1) is 18.9. The third-order valence-electron chi connectivity index (χ3n) is 4.42. The van der Waals surface area contributed by atoms with Gasteiger partial charge in [-0.2, -0.15) is 0 Å². The minimum absolute atomic E-state index is 0. The average Bonchev–Trinajstić information content (AvgIpc) is 3.32. The summed E-state index contributed by atoms with van der Waals surface area (Å²) in [7, 11) is 1.76. The second kappa shape index (κ2) is 8.23. The van der Waals surface area contributed by atoms with Gasteiger partial charge in [0.2, 0.25) is 0 Å². The van der Waals surface area contributed by atoms with E-state index in [1.807, 2.05) is 24.3 Å². The van der Waals surface area contributed by atoms with Crippen LogP contribution in [0.25, 0.3) is 11.4 Å². The zero-order valence-electron chi connectivity index (χ0n) is 14.7. The number of carbonyl (C=O) groups excluding carboxylic acids is 1. The number of piperidine rings is 1. The van der Waals surface area contributed by atoms with Gasteiger partial charge >= 0.3 is 0 Å². The number of nitrogens with one attached hydrogen (secondary N) is 2. The van der Waals surface area contributed by atoms with Crippen LogP contribution in [0, 0.1) is 0 Å². The molecule has 27 heavy (non-hydrogen) atoms. The van der Waals surface area contributed by atoms with Crippen molar-refractivity contribution < 1.29 is 4.79 Å². The first-order valence-corrected chi connectivity index (χ1v) is 8.47. The van der Waals surface area contributed by atoms with E-state index in [-0.39, 0.29) is 24.4 Å². The molecule has 1 aromatic carbocycles. The van der Waals surface area contributed by atoms with Crippen molar-refractivity contribution in [1.29, 1.82) is 0 Å². The molecule has 2 N–H and O–H groups in total. The number of hydrogen-bond acceptors (Lipinski definition) is 7. The third kappa shape index (κ3) is 4.12. The predicted octanol–water partition coefficient (Wildman–Crippen LogP) is 1.07. The Morgan fingerprint density at radius 2 is 2.04 bits per heavy atom. The Hall–Kier alpha value is -2.85. The highest BCUT2D eigenvalue weighted by molar-refractivity contribution is 6.02. The molecule has 4 rings (SSSR count). The number of amides is 1. The van der Waals surface area contributed by atoms with Crippen LogP contribution in [0.4, 0.5) is 5.69 Å². The summed E-state index contributed by atoms with van der Waals surface area (Å²) in [5.74, 6) is 0.330. The topological polar surface area (TPSA) is 115 Å². The van der Waals surface area contributed by atoms with Crippen molar-refractivity contribution in [3.05, 3.63) is 36.2 Å². The van der Waals surface area contributed by atoms with Crippen LogP contribution in [0.3, 0.4) is 0 Å². The smallest absolute Gasteiger partial charge is 0.277 e. The molecule has 3 heterocycles. The maximum Gasteiger partial charge on any atom is 0.277 e. The Morgan fingerprint density at radius 3 is 2.78 bits per heavy atom. The number of carbonyl (C=O) groups is 1. The molecule has 0 bridgehead atoms. The Balaban J connectivity index is 0.00000210. The number of anilines is 1. The first-order valence-electron chi connectivity index (χ1n) is 8.47. The van der Waals surface area contributed by atoms with Gasteiger partial charge in [0, 0.05) is 18.3 Å². The van der Waals surface area contributed by atoms with Crippen molar-refractivity contribution in [1.82, 2.24) is 40.5 Å². The fraction of sp³-hybridized carbons (Fsp3) is 0.375. The van der Waals surface area contributed by atoms with Gasteiger partial charge in [0.1, 0.15) is 0 Å². The van der Waals surface area contributed by atoms with Crippen molar-refractivity contribution in [2.24, 2.45) is 7.05 Å². The summed E-state index contributed by atoms with van der Waals surface area (Å²) in [6, 6.07) is 7.64. The maximum absolute atomic E-state index is 12.5. The fourth-order valence-corrected chi connectivity index (χ4v) is 3.04. The Morgan fingerprint density at radius 1 is 1.22 bits per heavy atom. The summed E-state index contributed by atoms with van der Waals surface area (Å²) < 4.78 is 3.36. The van der Waals surface area contributed by atoms with E-state index in [1.54, 1.807) is 22.6 Å². The van der Waals surface area contributed by atoms with Crippen molar-refractivity contribution >= 4 is 24.0 Å². The third-order valence-corrected chi connectivity index (χ3v) is 4.42. The van der Waals surface area contributed by atoms with Crippen LogP contribution in [-0.2, 0) is 7.05 Å². The van der Waals surface area contributed by atoms with E-state index < -0.39 is 0 Å². The lowest BCUT2D eigenvalue weighted by Gasteiger charge is -2.22. The van der Waals surface area contributed by atoms with Crippen molar-refractivity contribution in [2.45, 2.75) is 18.9 Å². The van der Waals surface area contributed by atoms with Gasteiger partial charge in [-0.3, -0.25) is 4.79 Å². The molecule has 1 aliphatic rings. The monoisotopic (exact) mass is 389 g/mol. The van der Waals surface area contributed by atoms with Crippen LogP contribution in [0.2, 0.25) is 0 Å². The zero-order valence-corrected chi connectivity index (χ0v) is 15.6. The van der Waals surface area contributed by atoms with Crippen molar-refractivity contribution in [2.75, 3.05) is 18.4 Å². The number of aromatic nitrogens is 7. The van der Waals surface area contributed by atoms with Gasteiger partial charge in [-0.25, -0.2) is 9.36 Å². The molecule has 1 fully saturated rings. The fourth-order valence-electron chi connectivity index (χ4n) is 3.04. The van der Waals surface area contributed by atoms with Gasteiger partial charge in [0.25, 0.3) is 5.91 Å². The normalized spacial score (nSPS) is 14.6. The number of halogens is 1. The quantitative estimate of drug-likeness (QED) is 0.685. The van der Waals surface area contributed by atoms with Crippen LogP contribution >= 0.6 is 12.4 Å². The van der Waals surface area contributed by atoms with Crippen molar-refractivity contribution in [3.63, 3.8) is 0 Å². The van der Waals surface area contributed by atoms with E-state index in [1.165, 1.54) is 0 Å². The van der Waals surface area contributed by atoms with Crippen LogP contribution < -0.4 is 10.6 Å². The van der Waals surface area contributed by atoms with Gasteiger partial charge in [0.05, 0.1) is 12.2 Å². The highest BCUT2D eigenvalue weighted by Gasteiger charge is 2.19. The van der Waals surface area contributed by atoms with Gasteiger partial charge in [-0.05, 0) is 48.5 Å². The van der Waals surface area contributed by atoms with E-state index in [0.29, 0.717) is 17.2 Å². The highest BCUT2D eigenvalue weighted by Crippen LogP contribution is 2.20. The molecule has 0 radical (unpaired) electrons. The second-order valence-electron chi connectivity index (χ2n) is 6.23. The van der Waals surface area contributed by atoms with Crippen LogP contribution in [0.15, 0.2) is 30.5 Å². The molecule has 3 aromatic rings. The van der Waals surface area contributed by atoms with Gasteiger partial charge in [0.15, 0.2) is 11.5 Å². The molecule has 0 unspecified atom stereocenters. The molecule has 142 valence electrons. The minimum atomic E-state index is -0.293.